The van der Waals surface area contributed by atoms with E-state index in [1.807, 2.05) is 0 Å². The third-order valence-corrected chi connectivity index (χ3v) is 3.33. The van der Waals surface area contributed by atoms with Crippen LogP contribution in [-0.4, -0.2) is 22.8 Å². The van der Waals surface area contributed by atoms with Crippen molar-refractivity contribution in [1.82, 2.24) is 9.78 Å². The van der Waals surface area contributed by atoms with E-state index < -0.39 is 13.0 Å². The molecule has 0 spiro atoms. The highest BCUT2D eigenvalue weighted by Crippen LogP contribution is 2.30. The average molecular weight is 308 g/mol. The van der Waals surface area contributed by atoms with Crippen LogP contribution in [0.1, 0.15) is 12.8 Å². The van der Waals surface area contributed by atoms with Crippen LogP contribution in [0.15, 0.2) is 15.5 Å². The summed E-state index contributed by atoms with van der Waals surface area (Å²) in [6.07, 6.45) is 1.18. The zero-order chi connectivity index (χ0) is 12.4. The van der Waals surface area contributed by atoms with E-state index in [1.165, 1.54) is 10.9 Å². The number of nitrogens with zero attached hydrogens (tertiary/aromatic N) is 2. The lowest BCUT2D eigenvalue weighted by Crippen LogP contribution is -2.26. The van der Waals surface area contributed by atoms with E-state index in [-0.39, 0.29) is 10.0 Å². The van der Waals surface area contributed by atoms with Gasteiger partial charge in [-0.2, -0.15) is 5.10 Å². The summed E-state index contributed by atoms with van der Waals surface area (Å²) in [5.74, 6) is 0.534. The van der Waals surface area contributed by atoms with Gasteiger partial charge in [0.1, 0.15) is 4.47 Å². The summed E-state index contributed by atoms with van der Waals surface area (Å²) >= 11 is 3.11. The summed E-state index contributed by atoms with van der Waals surface area (Å²) in [5.41, 5.74) is 0.0264. The molecule has 0 aliphatic heterocycles. The van der Waals surface area contributed by atoms with Crippen molar-refractivity contribution >= 4 is 21.6 Å². The Morgan fingerprint density at radius 2 is 2.29 bits per heavy atom. The van der Waals surface area contributed by atoms with Gasteiger partial charge in [0.25, 0.3) is 12.0 Å². The van der Waals surface area contributed by atoms with Gasteiger partial charge in [-0.15, -0.1) is 0 Å². The fourth-order valence-corrected chi connectivity index (χ4v) is 1.90. The molecule has 0 amide bonds. The molecule has 1 N–H and O–H groups in total. The number of anilines is 1. The molecule has 1 heterocycles. The quantitative estimate of drug-likeness (QED) is 0.906. The van der Waals surface area contributed by atoms with Gasteiger partial charge in [-0.25, -0.2) is 13.5 Å². The molecule has 1 saturated carbocycles. The van der Waals surface area contributed by atoms with Gasteiger partial charge in [0.2, 0.25) is 0 Å². The second-order valence-electron chi connectivity index (χ2n) is 4.07. The van der Waals surface area contributed by atoms with Crippen LogP contribution in [-0.2, 0) is 6.54 Å². The molecule has 94 valence electrons. The van der Waals surface area contributed by atoms with Gasteiger partial charge < -0.3 is 5.32 Å². The molecule has 17 heavy (non-hydrogen) atoms. The second-order valence-corrected chi connectivity index (χ2v) is 4.87. The number of hydrogen-bond acceptors (Lipinski definition) is 3. The Morgan fingerprint density at radius 1 is 1.59 bits per heavy atom. The molecule has 1 aromatic heterocycles. The van der Waals surface area contributed by atoms with Crippen LogP contribution in [0.2, 0.25) is 0 Å². The van der Waals surface area contributed by atoms with Crippen molar-refractivity contribution in [3.63, 3.8) is 0 Å². The molecule has 1 aliphatic rings. The van der Waals surface area contributed by atoms with Crippen LogP contribution in [0, 0.1) is 5.92 Å². The van der Waals surface area contributed by atoms with Crippen molar-refractivity contribution in [2.45, 2.75) is 25.8 Å². The summed E-state index contributed by atoms with van der Waals surface area (Å²) in [7, 11) is 0. The third-order valence-electron chi connectivity index (χ3n) is 2.56. The SMILES string of the molecule is O=c1c(Br)c(NCC(F)F)cnn1CC1CC1. The van der Waals surface area contributed by atoms with Crippen molar-refractivity contribution in [3.8, 4) is 0 Å². The Labute approximate surface area is 105 Å². The molecule has 0 unspecified atom stereocenters. The van der Waals surface area contributed by atoms with Crippen molar-refractivity contribution in [1.29, 1.82) is 0 Å². The van der Waals surface area contributed by atoms with Gasteiger partial charge in [-0.05, 0) is 34.7 Å². The predicted molar refractivity (Wildman–Crippen MR) is 63.4 cm³/mol. The molecule has 0 aromatic carbocycles. The van der Waals surface area contributed by atoms with Crippen LogP contribution < -0.4 is 10.9 Å². The smallest absolute Gasteiger partial charge is 0.283 e. The molecular weight excluding hydrogens is 296 g/mol. The van der Waals surface area contributed by atoms with Gasteiger partial charge in [-0.1, -0.05) is 0 Å². The molecule has 1 fully saturated rings. The first-order chi connectivity index (χ1) is 8.08. The molecule has 0 saturated heterocycles. The fourth-order valence-electron chi connectivity index (χ4n) is 1.45. The van der Waals surface area contributed by atoms with Crippen molar-refractivity contribution in [2.75, 3.05) is 11.9 Å². The number of halogens is 3. The topological polar surface area (TPSA) is 46.9 Å². The zero-order valence-electron chi connectivity index (χ0n) is 9.00. The highest BCUT2D eigenvalue weighted by molar-refractivity contribution is 9.10. The summed E-state index contributed by atoms with van der Waals surface area (Å²) in [4.78, 5) is 11.8. The molecule has 2 rings (SSSR count). The summed E-state index contributed by atoms with van der Waals surface area (Å²) in [6.45, 7) is 0.110. The number of rotatable bonds is 5. The minimum Gasteiger partial charge on any atom is -0.377 e. The predicted octanol–water partition coefficient (Wildman–Crippen LogP) is 2.09. The van der Waals surface area contributed by atoms with Crippen molar-refractivity contribution in [3.05, 3.63) is 21.0 Å². The first kappa shape index (κ1) is 12.5. The fraction of sp³-hybridized carbons (Fsp3) is 0.600. The Hall–Kier alpha value is -0.980. The summed E-state index contributed by atoms with van der Waals surface area (Å²) in [5, 5.41) is 6.44. The Kier molecular flexibility index (Phi) is 3.76. The highest BCUT2D eigenvalue weighted by Gasteiger charge is 2.23. The van der Waals surface area contributed by atoms with Crippen LogP contribution >= 0.6 is 15.9 Å². The number of nitrogens with one attached hydrogen (secondary N) is 1. The minimum absolute atomic E-state index is 0.258. The van der Waals surface area contributed by atoms with Crippen LogP contribution in [0.4, 0.5) is 14.5 Å². The van der Waals surface area contributed by atoms with Crippen LogP contribution in [0.25, 0.3) is 0 Å². The second kappa shape index (κ2) is 5.12. The van der Waals surface area contributed by atoms with Crippen molar-refractivity contribution in [2.24, 2.45) is 5.92 Å². The number of hydrogen-bond donors (Lipinski definition) is 1. The van der Waals surface area contributed by atoms with E-state index in [2.05, 4.69) is 26.3 Å². The van der Waals surface area contributed by atoms with E-state index in [9.17, 15) is 13.6 Å². The van der Waals surface area contributed by atoms with Gasteiger partial charge >= 0.3 is 0 Å². The molecule has 4 nitrogen and oxygen atoms in total. The standard InChI is InChI=1S/C10H12BrF2N3O/c11-9-7(14-4-8(12)13)3-15-16(10(9)17)5-6-1-2-6/h3,6,8,14H,1-2,4-5H2. The summed E-state index contributed by atoms with van der Waals surface area (Å²) < 4.78 is 25.7. The van der Waals surface area contributed by atoms with E-state index in [1.54, 1.807) is 0 Å². The summed E-state index contributed by atoms with van der Waals surface area (Å²) in [6, 6.07) is 0. The Bertz CT molecular complexity index is 459. The highest BCUT2D eigenvalue weighted by atomic mass is 79.9. The van der Waals surface area contributed by atoms with Gasteiger partial charge in [0.15, 0.2) is 0 Å². The van der Waals surface area contributed by atoms with E-state index in [4.69, 9.17) is 0 Å². The molecule has 7 heteroatoms. The first-order valence-electron chi connectivity index (χ1n) is 5.35. The van der Waals surface area contributed by atoms with Gasteiger partial charge in [0.05, 0.1) is 18.4 Å². The lowest BCUT2D eigenvalue weighted by Gasteiger charge is -2.09. The molecule has 0 radical (unpaired) electrons. The molecule has 0 atom stereocenters. The number of aromatic nitrogens is 2. The molecular formula is C10H12BrF2N3O. The molecule has 0 bridgehead atoms. The maximum Gasteiger partial charge on any atom is 0.283 e. The zero-order valence-corrected chi connectivity index (χ0v) is 10.6. The largest absolute Gasteiger partial charge is 0.377 e. The van der Waals surface area contributed by atoms with Gasteiger partial charge in [0, 0.05) is 6.54 Å². The number of alkyl halides is 2. The lowest BCUT2D eigenvalue weighted by atomic mass is 10.4. The van der Waals surface area contributed by atoms with Crippen LogP contribution in [0.3, 0.4) is 0 Å². The Morgan fingerprint density at radius 3 is 2.88 bits per heavy atom. The van der Waals surface area contributed by atoms with E-state index in [0.29, 0.717) is 18.2 Å². The van der Waals surface area contributed by atoms with E-state index in [0.717, 1.165) is 12.8 Å². The molecule has 1 aromatic rings. The normalized spacial score (nSPS) is 15.3. The third kappa shape index (κ3) is 3.24. The average Bonchev–Trinajstić information content (AvgIpc) is 3.07. The minimum atomic E-state index is -2.46. The Balaban J connectivity index is 2.13. The van der Waals surface area contributed by atoms with Crippen LogP contribution in [0.5, 0.6) is 0 Å². The lowest BCUT2D eigenvalue weighted by molar-refractivity contribution is 0.163. The maximum absolute atomic E-state index is 12.0. The maximum atomic E-state index is 12.0. The first-order valence-corrected chi connectivity index (χ1v) is 6.15. The molecule has 1 aliphatic carbocycles. The van der Waals surface area contributed by atoms with Gasteiger partial charge in [-0.3, -0.25) is 4.79 Å². The van der Waals surface area contributed by atoms with E-state index >= 15 is 0 Å². The van der Waals surface area contributed by atoms with Crippen molar-refractivity contribution < 1.29 is 8.78 Å². The monoisotopic (exact) mass is 307 g/mol.